The van der Waals surface area contributed by atoms with Crippen LogP contribution in [-0.2, 0) is 16.2 Å². The maximum absolute atomic E-state index is 6.84. The molecule has 3 heterocycles. The number of hydrogen-bond acceptors (Lipinski definition) is 4. The molecular formula is C61H53BN2O2. The molecule has 66 heavy (non-hydrogen) atoms. The van der Waals surface area contributed by atoms with Crippen molar-refractivity contribution in [1.29, 1.82) is 0 Å². The monoisotopic (exact) mass is 856 g/mol. The highest BCUT2D eigenvalue weighted by Gasteiger charge is 2.49. The summed E-state index contributed by atoms with van der Waals surface area (Å²) in [5.41, 5.74) is 23.9. The molecule has 0 N–H and O–H groups in total. The lowest BCUT2D eigenvalue weighted by molar-refractivity contribution is 0.332. The Kier molecular flexibility index (Phi) is 8.09. The molecule has 0 radical (unpaired) electrons. The number of para-hydroxylation sites is 3. The molecule has 0 spiro atoms. The first-order chi connectivity index (χ1) is 31.8. The van der Waals surface area contributed by atoms with Gasteiger partial charge in [0.1, 0.15) is 0 Å². The molecule has 3 aliphatic heterocycles. The molecule has 0 fully saturated rings. The van der Waals surface area contributed by atoms with Crippen molar-refractivity contribution in [1.82, 2.24) is 0 Å². The number of nitrogens with zero attached hydrogens (tertiary/aromatic N) is 2. The van der Waals surface area contributed by atoms with Gasteiger partial charge in [-0.15, -0.1) is 0 Å². The number of rotatable bonds is 3. The Hall–Kier alpha value is -6.98. The number of hydrogen-bond donors (Lipinski definition) is 0. The Labute approximate surface area is 389 Å². The SMILES string of the molecule is Cc1cc2c3c(c1)N(c1cc4c(cc1C)C(C)(C)CCC4(C)C)c1cc4c(cc1B3N(c1ccccc1-c1ccccc1)c1cc3c(cc1-2)C(C)(C)c1ccccc1-3)Oc1ccccc1O4. The Balaban J connectivity index is 1.16. The number of anilines is 5. The summed E-state index contributed by atoms with van der Waals surface area (Å²) in [6.45, 7) is 18.9. The van der Waals surface area contributed by atoms with Crippen molar-refractivity contribution in [3.63, 3.8) is 0 Å². The molecule has 322 valence electrons. The van der Waals surface area contributed by atoms with Crippen LogP contribution in [0.4, 0.5) is 28.4 Å². The van der Waals surface area contributed by atoms with E-state index >= 15 is 0 Å². The smallest absolute Gasteiger partial charge is 0.333 e. The van der Waals surface area contributed by atoms with Crippen LogP contribution in [-0.4, -0.2) is 6.85 Å². The lowest BCUT2D eigenvalue weighted by Gasteiger charge is -2.48. The fraction of sp³-hybridized carbons (Fsp3) is 0.213. The van der Waals surface area contributed by atoms with Crippen LogP contribution in [0.5, 0.6) is 23.0 Å². The molecule has 8 aromatic carbocycles. The van der Waals surface area contributed by atoms with Crippen LogP contribution in [0.3, 0.4) is 0 Å². The van der Waals surface area contributed by atoms with Gasteiger partial charge in [-0.2, -0.15) is 0 Å². The van der Waals surface area contributed by atoms with E-state index in [0.29, 0.717) is 0 Å². The van der Waals surface area contributed by atoms with E-state index in [1.54, 1.807) is 0 Å². The molecule has 0 aromatic heterocycles. The summed E-state index contributed by atoms with van der Waals surface area (Å²) in [5.74, 6) is 2.89. The Bertz CT molecular complexity index is 3400. The van der Waals surface area contributed by atoms with E-state index < -0.39 is 0 Å². The van der Waals surface area contributed by atoms with Crippen LogP contribution in [0.1, 0.15) is 87.8 Å². The minimum atomic E-state index is -0.221. The molecule has 0 bridgehead atoms. The quantitative estimate of drug-likeness (QED) is 0.165. The lowest BCUT2D eigenvalue weighted by atomic mass is 9.43. The second-order valence-corrected chi connectivity index (χ2v) is 21.3. The number of fused-ring (bicyclic) bond motifs is 10. The summed E-state index contributed by atoms with van der Waals surface area (Å²) in [5, 5.41) is 0. The summed E-state index contributed by atoms with van der Waals surface area (Å²) < 4.78 is 13.7. The largest absolute Gasteiger partial charge is 0.450 e. The van der Waals surface area contributed by atoms with Gasteiger partial charge in [-0.3, -0.25) is 0 Å². The first kappa shape index (κ1) is 39.4. The predicted octanol–water partition coefficient (Wildman–Crippen LogP) is 15.2. The van der Waals surface area contributed by atoms with E-state index in [2.05, 4.69) is 192 Å². The van der Waals surface area contributed by atoms with Gasteiger partial charge in [0.2, 0.25) is 0 Å². The van der Waals surface area contributed by atoms with Gasteiger partial charge >= 0.3 is 6.85 Å². The summed E-state index contributed by atoms with van der Waals surface area (Å²) in [6, 6.07) is 56.5. The molecule has 0 saturated heterocycles. The van der Waals surface area contributed by atoms with Gasteiger partial charge < -0.3 is 19.2 Å². The standard InChI is InChI=1S/C61H53BN2O2/c1-36-28-43-42-31-45-41(40-21-12-14-22-44(40)61(45,7)8)32-51(42)64(49-23-15-13-20-39(49)38-18-10-9-11-19-38)62-48-34-56-57(66-55-25-17-16-24-54(55)65-56)35-52(48)63(53(29-36)58(43)62)50-33-47-46(30-37(50)2)59(3,4)26-27-60(47,5)6/h9-25,28-35H,26-27H2,1-8H3. The molecule has 13 rings (SSSR count). The molecule has 0 amide bonds. The van der Waals surface area contributed by atoms with Gasteiger partial charge in [-0.25, -0.2) is 0 Å². The Morgan fingerprint density at radius 3 is 1.82 bits per heavy atom. The molecule has 2 aliphatic carbocycles. The highest BCUT2D eigenvalue weighted by Crippen LogP contribution is 2.57. The van der Waals surface area contributed by atoms with Crippen molar-refractivity contribution in [2.24, 2.45) is 0 Å². The van der Waals surface area contributed by atoms with Gasteiger partial charge in [-0.1, -0.05) is 139 Å². The third-order valence-corrected chi connectivity index (χ3v) is 15.9. The van der Waals surface area contributed by atoms with Crippen molar-refractivity contribution in [3.05, 3.63) is 185 Å². The summed E-state index contributed by atoms with van der Waals surface area (Å²) in [7, 11) is 0. The average molecular weight is 857 g/mol. The molecule has 0 saturated carbocycles. The van der Waals surface area contributed by atoms with Gasteiger partial charge in [0, 0.05) is 51.0 Å². The maximum atomic E-state index is 6.84. The summed E-state index contributed by atoms with van der Waals surface area (Å²) in [4.78, 5) is 5.24. The zero-order valence-corrected chi connectivity index (χ0v) is 39.1. The van der Waals surface area contributed by atoms with Crippen molar-refractivity contribution in [2.75, 3.05) is 9.71 Å². The fourth-order valence-electron chi connectivity index (χ4n) is 12.3. The zero-order valence-electron chi connectivity index (χ0n) is 39.1. The van der Waals surface area contributed by atoms with Crippen LogP contribution in [0, 0.1) is 13.8 Å². The van der Waals surface area contributed by atoms with Crippen molar-refractivity contribution >= 4 is 46.2 Å². The molecule has 0 unspecified atom stereocenters. The average Bonchev–Trinajstić information content (AvgIpc) is 3.54. The molecule has 5 heteroatoms. The second kappa shape index (κ2) is 13.5. The molecule has 0 atom stereocenters. The predicted molar refractivity (Wildman–Crippen MR) is 275 cm³/mol. The van der Waals surface area contributed by atoms with Crippen molar-refractivity contribution in [3.8, 4) is 56.4 Å². The maximum Gasteiger partial charge on any atom is 0.333 e. The van der Waals surface area contributed by atoms with Crippen molar-refractivity contribution in [2.45, 2.75) is 84.5 Å². The zero-order chi connectivity index (χ0) is 45.0. The number of ether oxygens (including phenoxy) is 2. The van der Waals surface area contributed by atoms with Gasteiger partial charge in [0.05, 0.1) is 0 Å². The third kappa shape index (κ3) is 5.46. The highest BCUT2D eigenvalue weighted by atomic mass is 16.6. The van der Waals surface area contributed by atoms with Crippen LogP contribution in [0.25, 0.3) is 33.4 Å². The lowest BCUT2D eigenvalue weighted by Crippen LogP contribution is -2.61. The first-order valence-corrected chi connectivity index (χ1v) is 23.7. The summed E-state index contributed by atoms with van der Waals surface area (Å²) in [6.07, 6.45) is 2.31. The minimum Gasteiger partial charge on any atom is -0.450 e. The van der Waals surface area contributed by atoms with E-state index in [1.165, 1.54) is 101 Å². The van der Waals surface area contributed by atoms with Gasteiger partial charge in [0.15, 0.2) is 23.0 Å². The van der Waals surface area contributed by atoms with Gasteiger partial charge in [-0.05, 0) is 153 Å². The Morgan fingerprint density at radius 1 is 0.439 bits per heavy atom. The van der Waals surface area contributed by atoms with Gasteiger partial charge in [0.25, 0.3) is 0 Å². The fourth-order valence-corrected chi connectivity index (χ4v) is 12.3. The molecular weight excluding hydrogens is 803 g/mol. The van der Waals surface area contributed by atoms with E-state index in [4.69, 9.17) is 9.47 Å². The first-order valence-electron chi connectivity index (χ1n) is 23.7. The van der Waals surface area contributed by atoms with E-state index in [9.17, 15) is 0 Å². The Morgan fingerprint density at radius 2 is 1.08 bits per heavy atom. The number of aryl methyl sites for hydroxylation is 2. The van der Waals surface area contributed by atoms with Crippen LogP contribution >= 0.6 is 0 Å². The topological polar surface area (TPSA) is 24.9 Å². The van der Waals surface area contributed by atoms with Crippen LogP contribution in [0.15, 0.2) is 152 Å². The second-order valence-electron chi connectivity index (χ2n) is 21.3. The van der Waals surface area contributed by atoms with E-state index in [-0.39, 0.29) is 23.1 Å². The molecule has 8 aromatic rings. The van der Waals surface area contributed by atoms with Crippen LogP contribution < -0.4 is 30.1 Å². The highest BCUT2D eigenvalue weighted by molar-refractivity contribution is 6.93. The van der Waals surface area contributed by atoms with E-state index in [1.807, 2.05) is 24.3 Å². The van der Waals surface area contributed by atoms with E-state index in [0.717, 1.165) is 40.8 Å². The third-order valence-electron chi connectivity index (χ3n) is 15.9. The minimum absolute atomic E-state index is 0.0264. The van der Waals surface area contributed by atoms with Crippen LogP contribution in [0.2, 0.25) is 0 Å². The number of benzene rings is 8. The van der Waals surface area contributed by atoms with Crippen molar-refractivity contribution < 1.29 is 9.47 Å². The normalized spacial score (nSPS) is 16.9. The molecule has 4 nitrogen and oxygen atoms in total. The summed E-state index contributed by atoms with van der Waals surface area (Å²) >= 11 is 0. The molecule has 5 aliphatic rings.